The molecule has 1 aliphatic heterocycles. The number of nitrogens with zero attached hydrogens (tertiary/aromatic N) is 2. The highest BCUT2D eigenvalue weighted by Crippen LogP contribution is 2.34. The third kappa shape index (κ3) is 4.75. The molecule has 1 aliphatic rings. The van der Waals surface area contributed by atoms with Crippen LogP contribution in [0.5, 0.6) is 5.75 Å². The Morgan fingerprint density at radius 1 is 1.31 bits per heavy atom. The molecule has 2 amide bonds. The van der Waals surface area contributed by atoms with Crippen LogP contribution in [-0.2, 0) is 11.2 Å². The smallest absolute Gasteiger partial charge is 0.290 e. The predicted molar refractivity (Wildman–Crippen MR) is 119 cm³/mol. The minimum atomic E-state index is -0.383. The van der Waals surface area contributed by atoms with Gasteiger partial charge in [-0.05, 0) is 47.7 Å². The number of hydrogen-bond donors (Lipinski definition) is 0. The number of furan rings is 1. The third-order valence-corrected chi connectivity index (χ3v) is 6.31. The number of rotatable bonds is 8. The van der Waals surface area contributed by atoms with E-state index >= 15 is 0 Å². The van der Waals surface area contributed by atoms with Crippen LogP contribution in [-0.4, -0.2) is 47.9 Å². The molecular formula is C24H23FN2O4S. The van der Waals surface area contributed by atoms with Crippen molar-refractivity contribution < 1.29 is 23.1 Å². The van der Waals surface area contributed by atoms with E-state index in [4.69, 9.17) is 9.15 Å². The van der Waals surface area contributed by atoms with Crippen molar-refractivity contribution in [2.45, 2.75) is 12.5 Å². The molecule has 3 aromatic rings. The number of thiophene rings is 1. The maximum atomic E-state index is 13.5. The van der Waals surface area contributed by atoms with E-state index < -0.39 is 0 Å². The number of ether oxygens (including phenoxy) is 1. The number of carbonyl (C=O) groups is 2. The molecule has 0 saturated carbocycles. The second kappa shape index (κ2) is 9.82. The van der Waals surface area contributed by atoms with Gasteiger partial charge in [-0.15, -0.1) is 17.9 Å². The molecule has 166 valence electrons. The highest BCUT2D eigenvalue weighted by atomic mass is 32.1. The van der Waals surface area contributed by atoms with Gasteiger partial charge in [0.25, 0.3) is 5.91 Å². The summed E-state index contributed by atoms with van der Waals surface area (Å²) in [5.41, 5.74) is 1.03. The van der Waals surface area contributed by atoms with E-state index in [-0.39, 0.29) is 49.1 Å². The summed E-state index contributed by atoms with van der Waals surface area (Å²) >= 11 is 1.65. The number of benzene rings is 1. The molecule has 1 atom stereocenters. The van der Waals surface area contributed by atoms with Crippen LogP contribution in [0.4, 0.5) is 4.39 Å². The Labute approximate surface area is 189 Å². The van der Waals surface area contributed by atoms with Gasteiger partial charge in [0.05, 0.1) is 12.3 Å². The highest BCUT2D eigenvalue weighted by Gasteiger charge is 2.33. The van der Waals surface area contributed by atoms with Crippen molar-refractivity contribution >= 4 is 23.2 Å². The number of hydrogen-bond acceptors (Lipinski definition) is 5. The first-order valence-corrected chi connectivity index (χ1v) is 11.1. The lowest BCUT2D eigenvalue weighted by atomic mass is 10.0. The summed E-state index contributed by atoms with van der Waals surface area (Å²) in [6, 6.07) is 10.8. The fourth-order valence-electron chi connectivity index (χ4n) is 3.79. The molecule has 2 aromatic heterocycles. The standard InChI is InChI=1S/C24H23FN2O4S/c1-2-10-26(24(29)21-7-4-12-30-21)15-23(28)27-11-8-22-19(9-13-32-22)20(27)16-31-18-6-3-5-17(25)14-18/h2-7,9,12-14,20H,1,8,10-11,15-16H2/t20-/m0/s1. The SMILES string of the molecule is C=CCN(CC(=O)N1CCc2sccc2[C@@H]1COc1cccc(F)c1)C(=O)c1ccco1. The van der Waals surface area contributed by atoms with Crippen molar-refractivity contribution in [2.24, 2.45) is 0 Å². The lowest BCUT2D eigenvalue weighted by Crippen LogP contribution is -2.47. The Hall–Kier alpha value is -3.39. The van der Waals surface area contributed by atoms with Crippen molar-refractivity contribution in [1.29, 1.82) is 0 Å². The Bertz CT molecular complexity index is 1100. The third-order valence-electron chi connectivity index (χ3n) is 5.31. The summed E-state index contributed by atoms with van der Waals surface area (Å²) in [6.07, 6.45) is 3.73. The molecule has 0 spiro atoms. The fraction of sp³-hybridized carbons (Fsp3) is 0.250. The van der Waals surface area contributed by atoms with E-state index in [1.165, 1.54) is 28.2 Å². The van der Waals surface area contributed by atoms with Crippen LogP contribution < -0.4 is 4.74 Å². The Kier molecular flexibility index (Phi) is 6.70. The first kappa shape index (κ1) is 21.8. The second-order valence-electron chi connectivity index (χ2n) is 7.37. The summed E-state index contributed by atoms with van der Waals surface area (Å²) in [5.74, 6) is -0.377. The van der Waals surface area contributed by atoms with Crippen molar-refractivity contribution in [3.8, 4) is 5.75 Å². The molecule has 1 aromatic carbocycles. The van der Waals surface area contributed by atoms with Crippen LogP contribution in [0.15, 0.2) is 71.2 Å². The van der Waals surface area contributed by atoms with Gasteiger partial charge in [-0.25, -0.2) is 4.39 Å². The topological polar surface area (TPSA) is 63.0 Å². The average Bonchev–Trinajstić information content (AvgIpc) is 3.48. The zero-order valence-electron chi connectivity index (χ0n) is 17.4. The van der Waals surface area contributed by atoms with E-state index in [2.05, 4.69) is 6.58 Å². The van der Waals surface area contributed by atoms with Gasteiger partial charge in [-0.2, -0.15) is 0 Å². The van der Waals surface area contributed by atoms with Gasteiger partial charge >= 0.3 is 0 Å². The highest BCUT2D eigenvalue weighted by molar-refractivity contribution is 7.10. The molecule has 4 rings (SSSR count). The predicted octanol–water partition coefficient (Wildman–Crippen LogP) is 4.31. The quantitative estimate of drug-likeness (QED) is 0.476. The normalized spacial score (nSPS) is 15.2. The molecule has 6 nitrogen and oxygen atoms in total. The van der Waals surface area contributed by atoms with Gasteiger partial charge in [-0.1, -0.05) is 12.1 Å². The molecule has 0 saturated heterocycles. The summed E-state index contributed by atoms with van der Waals surface area (Å²) in [7, 11) is 0. The molecule has 32 heavy (non-hydrogen) atoms. The molecule has 0 N–H and O–H groups in total. The molecule has 0 fully saturated rings. The van der Waals surface area contributed by atoms with Gasteiger partial charge in [0.2, 0.25) is 5.91 Å². The molecule has 0 radical (unpaired) electrons. The summed E-state index contributed by atoms with van der Waals surface area (Å²) in [4.78, 5) is 30.4. The van der Waals surface area contributed by atoms with Gasteiger partial charge < -0.3 is 19.0 Å². The molecular weight excluding hydrogens is 431 g/mol. The van der Waals surface area contributed by atoms with Crippen LogP contribution >= 0.6 is 11.3 Å². The summed E-state index contributed by atoms with van der Waals surface area (Å²) in [6.45, 7) is 4.50. The number of fused-ring (bicyclic) bond motifs is 1. The van der Waals surface area contributed by atoms with Crippen LogP contribution in [0.2, 0.25) is 0 Å². The minimum Gasteiger partial charge on any atom is -0.491 e. The van der Waals surface area contributed by atoms with Crippen LogP contribution in [0.25, 0.3) is 0 Å². The zero-order valence-corrected chi connectivity index (χ0v) is 18.2. The van der Waals surface area contributed by atoms with Crippen molar-refractivity contribution in [1.82, 2.24) is 9.80 Å². The van der Waals surface area contributed by atoms with Gasteiger partial charge in [0.15, 0.2) is 5.76 Å². The molecule has 3 heterocycles. The molecule has 8 heteroatoms. The Morgan fingerprint density at radius 3 is 2.94 bits per heavy atom. The van der Waals surface area contributed by atoms with Crippen molar-refractivity contribution in [2.75, 3.05) is 26.2 Å². The van der Waals surface area contributed by atoms with Crippen LogP contribution in [0, 0.1) is 5.82 Å². The van der Waals surface area contributed by atoms with Crippen LogP contribution in [0.3, 0.4) is 0 Å². The molecule has 0 bridgehead atoms. The van der Waals surface area contributed by atoms with Gasteiger partial charge in [-0.3, -0.25) is 9.59 Å². The molecule has 0 unspecified atom stereocenters. The van der Waals surface area contributed by atoms with E-state index in [9.17, 15) is 14.0 Å². The summed E-state index contributed by atoms with van der Waals surface area (Å²) < 4.78 is 24.6. The number of halogens is 1. The first-order chi connectivity index (χ1) is 15.6. The van der Waals surface area contributed by atoms with Gasteiger partial charge in [0.1, 0.15) is 24.7 Å². The lowest BCUT2D eigenvalue weighted by molar-refractivity contribution is -0.135. The van der Waals surface area contributed by atoms with Crippen LogP contribution in [0.1, 0.15) is 27.0 Å². The number of carbonyl (C=O) groups excluding carboxylic acids is 2. The second-order valence-corrected chi connectivity index (χ2v) is 8.37. The maximum Gasteiger partial charge on any atom is 0.290 e. The van der Waals surface area contributed by atoms with Crippen molar-refractivity contribution in [3.63, 3.8) is 0 Å². The molecule has 0 aliphatic carbocycles. The zero-order chi connectivity index (χ0) is 22.5. The maximum absolute atomic E-state index is 13.5. The summed E-state index contributed by atoms with van der Waals surface area (Å²) in [5, 5.41) is 2.00. The Morgan fingerprint density at radius 2 is 2.19 bits per heavy atom. The lowest BCUT2D eigenvalue weighted by Gasteiger charge is -2.37. The largest absolute Gasteiger partial charge is 0.491 e. The monoisotopic (exact) mass is 454 g/mol. The minimum absolute atomic E-state index is 0.110. The van der Waals surface area contributed by atoms with E-state index in [0.717, 1.165) is 12.0 Å². The Balaban J connectivity index is 1.52. The average molecular weight is 455 g/mol. The van der Waals surface area contributed by atoms with Gasteiger partial charge in [0, 0.05) is 24.0 Å². The fourth-order valence-corrected chi connectivity index (χ4v) is 4.72. The van der Waals surface area contributed by atoms with E-state index in [1.807, 2.05) is 11.4 Å². The first-order valence-electron chi connectivity index (χ1n) is 10.2. The van der Waals surface area contributed by atoms with Crippen molar-refractivity contribution in [3.05, 3.63) is 88.8 Å². The van der Waals surface area contributed by atoms with E-state index in [0.29, 0.717) is 12.3 Å². The van der Waals surface area contributed by atoms with E-state index in [1.54, 1.807) is 46.6 Å². The number of amides is 2.